The summed E-state index contributed by atoms with van der Waals surface area (Å²) in [6.45, 7) is 1.24. The van der Waals surface area contributed by atoms with Gasteiger partial charge in [-0.25, -0.2) is 26.4 Å². The van der Waals surface area contributed by atoms with E-state index in [-0.39, 0.29) is 22.1 Å². The van der Waals surface area contributed by atoms with Crippen LogP contribution in [-0.2, 0) is 19.9 Å². The molecule has 0 saturated carbocycles. The average molecular weight is 327 g/mol. The molecule has 7 nitrogen and oxygen atoms in total. The van der Waals surface area contributed by atoms with Gasteiger partial charge in [0.2, 0.25) is 10.0 Å². The Hall–Kier alpha value is -0.970. The Balaban J connectivity index is 2.92. The molecule has 0 fully saturated rings. The normalized spacial score (nSPS) is 12.5. The first-order valence-corrected chi connectivity index (χ1v) is 9.40. The molecule has 108 valence electrons. The number of carboxylic acids is 1. The minimum absolute atomic E-state index is 0.0824. The van der Waals surface area contributed by atoms with Gasteiger partial charge in [0.05, 0.1) is 10.6 Å². The molecule has 19 heavy (non-hydrogen) atoms. The van der Waals surface area contributed by atoms with Crippen LogP contribution in [-0.4, -0.2) is 46.5 Å². The standard InChI is InChI=1S/C9H13NO6S3/c1-6-8(5-7(17-6)9(11)12)19(15,16)10-3-4-18(2,13)14/h5,10H,3-4H2,1-2H3,(H,11,12). The summed E-state index contributed by atoms with van der Waals surface area (Å²) in [5.74, 6) is -1.52. The Morgan fingerprint density at radius 1 is 1.37 bits per heavy atom. The molecule has 1 aromatic heterocycles. The highest BCUT2D eigenvalue weighted by Crippen LogP contribution is 2.25. The van der Waals surface area contributed by atoms with Gasteiger partial charge < -0.3 is 5.11 Å². The van der Waals surface area contributed by atoms with E-state index in [1.54, 1.807) is 0 Å². The lowest BCUT2D eigenvalue weighted by Crippen LogP contribution is -2.29. The van der Waals surface area contributed by atoms with E-state index in [2.05, 4.69) is 4.72 Å². The lowest BCUT2D eigenvalue weighted by Gasteiger charge is -2.05. The maximum atomic E-state index is 11.9. The zero-order valence-electron chi connectivity index (χ0n) is 10.2. The second-order valence-electron chi connectivity index (χ2n) is 3.86. The minimum atomic E-state index is -3.89. The molecule has 0 aliphatic carbocycles. The van der Waals surface area contributed by atoms with Crippen molar-refractivity contribution in [3.8, 4) is 0 Å². The van der Waals surface area contributed by atoms with Crippen molar-refractivity contribution in [3.05, 3.63) is 15.8 Å². The monoisotopic (exact) mass is 327 g/mol. The van der Waals surface area contributed by atoms with Gasteiger partial charge in [-0.15, -0.1) is 11.3 Å². The number of sulfone groups is 1. The van der Waals surface area contributed by atoms with Crippen LogP contribution in [0.2, 0.25) is 0 Å². The van der Waals surface area contributed by atoms with Crippen molar-refractivity contribution < 1.29 is 26.7 Å². The molecule has 1 rings (SSSR count). The largest absolute Gasteiger partial charge is 0.477 e. The highest BCUT2D eigenvalue weighted by atomic mass is 32.2. The zero-order chi connectivity index (χ0) is 14.8. The third-order valence-electron chi connectivity index (χ3n) is 2.14. The van der Waals surface area contributed by atoms with Gasteiger partial charge in [0.25, 0.3) is 0 Å². The Kier molecular flexibility index (Phi) is 4.72. The highest BCUT2D eigenvalue weighted by Gasteiger charge is 2.22. The molecular weight excluding hydrogens is 314 g/mol. The maximum absolute atomic E-state index is 11.9. The molecule has 0 bridgehead atoms. The minimum Gasteiger partial charge on any atom is -0.477 e. The van der Waals surface area contributed by atoms with Crippen LogP contribution in [0.3, 0.4) is 0 Å². The number of nitrogens with one attached hydrogen (secondary N) is 1. The molecule has 1 aromatic rings. The Bertz CT molecular complexity index is 686. The summed E-state index contributed by atoms with van der Waals surface area (Å²) in [7, 11) is -7.16. The molecule has 1 heterocycles. The topological polar surface area (TPSA) is 118 Å². The molecule has 0 aliphatic rings. The van der Waals surface area contributed by atoms with Crippen molar-refractivity contribution in [2.24, 2.45) is 0 Å². The van der Waals surface area contributed by atoms with Crippen LogP contribution in [0.25, 0.3) is 0 Å². The van der Waals surface area contributed by atoms with Crippen molar-refractivity contribution in [2.75, 3.05) is 18.6 Å². The SMILES string of the molecule is Cc1sc(C(=O)O)cc1S(=O)(=O)NCCS(C)(=O)=O. The van der Waals surface area contributed by atoms with Crippen LogP contribution in [0.15, 0.2) is 11.0 Å². The third-order valence-corrected chi connectivity index (χ3v) is 5.84. The summed E-state index contributed by atoms with van der Waals surface area (Å²) in [6, 6.07) is 1.06. The predicted molar refractivity (Wildman–Crippen MR) is 70.9 cm³/mol. The van der Waals surface area contributed by atoms with Crippen LogP contribution in [0.4, 0.5) is 0 Å². The quantitative estimate of drug-likeness (QED) is 0.764. The maximum Gasteiger partial charge on any atom is 0.345 e. The van der Waals surface area contributed by atoms with Gasteiger partial charge in [-0.2, -0.15) is 0 Å². The van der Waals surface area contributed by atoms with E-state index < -0.39 is 25.8 Å². The first-order chi connectivity index (χ1) is 8.53. The number of aryl methyl sites for hydroxylation is 1. The van der Waals surface area contributed by atoms with Crippen LogP contribution in [0, 0.1) is 6.92 Å². The number of hydrogen-bond acceptors (Lipinski definition) is 6. The number of carboxylic acid groups (broad SMARTS) is 1. The molecule has 0 unspecified atom stereocenters. The summed E-state index contributed by atoms with van der Waals surface area (Å²) in [5.41, 5.74) is 0. The summed E-state index contributed by atoms with van der Waals surface area (Å²) in [6.07, 6.45) is 1.000. The fourth-order valence-electron chi connectivity index (χ4n) is 1.28. The van der Waals surface area contributed by atoms with Gasteiger partial charge in [-0.1, -0.05) is 0 Å². The smallest absolute Gasteiger partial charge is 0.345 e. The second-order valence-corrected chi connectivity index (χ2v) is 9.12. The fourth-order valence-corrected chi connectivity index (χ4v) is 4.34. The molecule has 0 amide bonds. The van der Waals surface area contributed by atoms with E-state index in [1.807, 2.05) is 0 Å². The van der Waals surface area contributed by atoms with Crippen LogP contribution in [0.5, 0.6) is 0 Å². The zero-order valence-corrected chi connectivity index (χ0v) is 12.7. The van der Waals surface area contributed by atoms with Crippen molar-refractivity contribution in [1.29, 1.82) is 0 Å². The molecule has 0 spiro atoms. The van der Waals surface area contributed by atoms with E-state index in [0.717, 1.165) is 23.7 Å². The number of thiophene rings is 1. The summed E-state index contributed by atoms with van der Waals surface area (Å²) in [4.78, 5) is 10.9. The van der Waals surface area contributed by atoms with Crippen molar-refractivity contribution in [1.82, 2.24) is 4.72 Å². The van der Waals surface area contributed by atoms with Crippen molar-refractivity contribution >= 4 is 37.2 Å². The first kappa shape index (κ1) is 16.1. The number of rotatable bonds is 6. The van der Waals surface area contributed by atoms with Crippen molar-refractivity contribution in [2.45, 2.75) is 11.8 Å². The molecule has 0 aliphatic heterocycles. The van der Waals surface area contributed by atoms with Gasteiger partial charge in [0.15, 0.2) is 0 Å². The molecule has 0 atom stereocenters. The first-order valence-electron chi connectivity index (χ1n) is 5.04. The number of carbonyl (C=O) groups is 1. The van der Waals surface area contributed by atoms with Crippen molar-refractivity contribution in [3.63, 3.8) is 0 Å². The highest BCUT2D eigenvalue weighted by molar-refractivity contribution is 7.91. The predicted octanol–water partition coefficient (Wildman–Crippen LogP) is 0.0776. The summed E-state index contributed by atoms with van der Waals surface area (Å²) >= 11 is 0.851. The third kappa shape index (κ3) is 4.56. The Morgan fingerprint density at radius 3 is 2.37 bits per heavy atom. The summed E-state index contributed by atoms with van der Waals surface area (Å²) < 4.78 is 47.7. The van der Waals surface area contributed by atoms with Gasteiger partial charge in [-0.05, 0) is 13.0 Å². The Labute approximate surface area is 115 Å². The van der Waals surface area contributed by atoms with Crippen LogP contribution in [0.1, 0.15) is 14.5 Å². The fraction of sp³-hybridized carbons (Fsp3) is 0.444. The molecule has 0 saturated heterocycles. The molecule has 0 aromatic carbocycles. The number of hydrogen-bond donors (Lipinski definition) is 2. The van der Waals surface area contributed by atoms with E-state index in [0.29, 0.717) is 4.88 Å². The van der Waals surface area contributed by atoms with E-state index >= 15 is 0 Å². The average Bonchev–Trinajstić information content (AvgIpc) is 2.58. The van der Waals surface area contributed by atoms with E-state index in [4.69, 9.17) is 5.11 Å². The van der Waals surface area contributed by atoms with E-state index in [9.17, 15) is 21.6 Å². The number of aromatic carboxylic acids is 1. The lowest BCUT2D eigenvalue weighted by atomic mass is 10.4. The van der Waals surface area contributed by atoms with Crippen LogP contribution < -0.4 is 4.72 Å². The Morgan fingerprint density at radius 2 is 1.95 bits per heavy atom. The summed E-state index contributed by atoms with van der Waals surface area (Å²) in [5, 5.41) is 8.79. The second kappa shape index (κ2) is 5.57. The van der Waals surface area contributed by atoms with Gasteiger partial charge >= 0.3 is 5.97 Å². The molecule has 0 radical (unpaired) electrons. The van der Waals surface area contributed by atoms with Gasteiger partial charge in [-0.3, -0.25) is 0 Å². The van der Waals surface area contributed by atoms with Gasteiger partial charge in [0, 0.05) is 17.7 Å². The molecule has 2 N–H and O–H groups in total. The number of sulfonamides is 1. The lowest BCUT2D eigenvalue weighted by molar-refractivity contribution is 0.0702. The van der Waals surface area contributed by atoms with Gasteiger partial charge in [0.1, 0.15) is 14.7 Å². The molecule has 10 heteroatoms. The molecular formula is C9H13NO6S3. The van der Waals surface area contributed by atoms with Crippen LogP contribution >= 0.6 is 11.3 Å². The van der Waals surface area contributed by atoms with E-state index in [1.165, 1.54) is 6.92 Å².